The fourth-order valence-corrected chi connectivity index (χ4v) is 4.84. The number of rotatable bonds is 4. The standard InChI is InChI=1S/C14H14ClFN4O3S2/c15-11-6-10(3-4-12(11)16)25(22,23)20-5-1-2-9(7-20)13(21)18-14-19-17-8-24-14/h3-4,6,8-9H,1-2,5,7H2,(H,18,19,21)/t9-/m0/s1. The summed E-state index contributed by atoms with van der Waals surface area (Å²) in [6.07, 6.45) is 1.11. The molecule has 0 unspecified atom stereocenters. The molecule has 1 amide bonds. The molecule has 1 atom stereocenters. The van der Waals surface area contributed by atoms with Crippen molar-refractivity contribution in [2.45, 2.75) is 17.7 Å². The van der Waals surface area contributed by atoms with Gasteiger partial charge in [0, 0.05) is 13.1 Å². The molecule has 1 aromatic heterocycles. The Balaban J connectivity index is 1.75. The summed E-state index contributed by atoms with van der Waals surface area (Å²) in [6.45, 7) is 0.335. The fraction of sp³-hybridized carbons (Fsp3) is 0.357. The Morgan fingerprint density at radius 2 is 2.24 bits per heavy atom. The molecule has 0 spiro atoms. The highest BCUT2D eigenvalue weighted by Gasteiger charge is 2.33. The smallest absolute Gasteiger partial charge is 0.243 e. The van der Waals surface area contributed by atoms with Crippen LogP contribution >= 0.6 is 22.9 Å². The lowest BCUT2D eigenvalue weighted by Gasteiger charge is -2.31. The summed E-state index contributed by atoms with van der Waals surface area (Å²) in [5.74, 6) is -1.48. The molecular formula is C14H14ClFN4O3S2. The number of carbonyl (C=O) groups excluding carboxylic acids is 1. The van der Waals surface area contributed by atoms with Crippen molar-refractivity contribution in [3.8, 4) is 0 Å². The van der Waals surface area contributed by atoms with E-state index < -0.39 is 21.8 Å². The van der Waals surface area contributed by atoms with Gasteiger partial charge in [0.05, 0.1) is 15.8 Å². The van der Waals surface area contributed by atoms with Gasteiger partial charge in [0.15, 0.2) is 0 Å². The van der Waals surface area contributed by atoms with Gasteiger partial charge in [-0.3, -0.25) is 4.79 Å². The monoisotopic (exact) mass is 404 g/mol. The van der Waals surface area contributed by atoms with E-state index in [1.165, 1.54) is 27.2 Å². The second-order valence-electron chi connectivity index (χ2n) is 5.51. The first kappa shape index (κ1) is 18.2. The highest BCUT2D eigenvalue weighted by molar-refractivity contribution is 7.89. The van der Waals surface area contributed by atoms with Gasteiger partial charge >= 0.3 is 0 Å². The van der Waals surface area contributed by atoms with Gasteiger partial charge in [-0.25, -0.2) is 12.8 Å². The molecule has 7 nitrogen and oxygen atoms in total. The zero-order chi connectivity index (χ0) is 18.0. The minimum Gasteiger partial charge on any atom is -0.300 e. The lowest BCUT2D eigenvalue weighted by Crippen LogP contribution is -2.43. The molecule has 1 fully saturated rings. The van der Waals surface area contributed by atoms with E-state index in [1.807, 2.05) is 0 Å². The Hall–Kier alpha value is -1.62. The third-order valence-corrected chi connectivity index (χ3v) is 6.63. The number of nitrogens with one attached hydrogen (secondary N) is 1. The number of hydrogen-bond donors (Lipinski definition) is 1. The van der Waals surface area contributed by atoms with E-state index in [0.717, 1.165) is 12.1 Å². The molecule has 11 heteroatoms. The van der Waals surface area contributed by atoms with Crippen LogP contribution in [0.5, 0.6) is 0 Å². The molecule has 1 N–H and O–H groups in total. The van der Waals surface area contributed by atoms with E-state index in [4.69, 9.17) is 11.6 Å². The molecule has 2 aromatic rings. The molecule has 1 aliphatic rings. The van der Waals surface area contributed by atoms with Crippen molar-refractivity contribution < 1.29 is 17.6 Å². The lowest BCUT2D eigenvalue weighted by molar-refractivity contribution is -0.120. The first-order valence-electron chi connectivity index (χ1n) is 7.40. The van der Waals surface area contributed by atoms with Crippen molar-refractivity contribution in [2.24, 2.45) is 5.92 Å². The molecule has 1 aliphatic heterocycles. The summed E-state index contributed by atoms with van der Waals surface area (Å²) in [4.78, 5) is 12.2. The van der Waals surface area contributed by atoms with E-state index in [9.17, 15) is 17.6 Å². The van der Waals surface area contributed by atoms with E-state index in [2.05, 4.69) is 15.5 Å². The summed E-state index contributed by atoms with van der Waals surface area (Å²) in [5.41, 5.74) is 1.49. The van der Waals surface area contributed by atoms with Gasteiger partial charge in [-0.15, -0.1) is 10.2 Å². The minimum atomic E-state index is -3.85. The number of halogens is 2. The summed E-state index contributed by atoms with van der Waals surface area (Å²) in [6, 6.07) is 3.26. The van der Waals surface area contributed by atoms with Crippen LogP contribution in [0.15, 0.2) is 28.6 Å². The van der Waals surface area contributed by atoms with Gasteiger partial charge in [-0.1, -0.05) is 22.9 Å². The zero-order valence-corrected chi connectivity index (χ0v) is 15.2. The van der Waals surface area contributed by atoms with Crippen molar-refractivity contribution >= 4 is 44.0 Å². The number of aromatic nitrogens is 2. The second kappa shape index (κ2) is 7.32. The molecule has 2 heterocycles. The van der Waals surface area contributed by atoms with Crippen molar-refractivity contribution in [1.82, 2.24) is 14.5 Å². The maximum atomic E-state index is 13.3. The molecule has 0 bridgehead atoms. The van der Waals surface area contributed by atoms with E-state index >= 15 is 0 Å². The third kappa shape index (κ3) is 3.97. The molecule has 25 heavy (non-hydrogen) atoms. The maximum absolute atomic E-state index is 13.3. The molecule has 3 rings (SSSR count). The molecule has 0 saturated carbocycles. The van der Waals surface area contributed by atoms with Gasteiger partial charge in [-0.05, 0) is 31.0 Å². The first-order chi connectivity index (χ1) is 11.9. The molecular weight excluding hydrogens is 391 g/mol. The van der Waals surface area contributed by atoms with Crippen LogP contribution in [-0.4, -0.2) is 41.9 Å². The molecule has 1 saturated heterocycles. The van der Waals surface area contributed by atoms with Crippen LogP contribution in [-0.2, 0) is 14.8 Å². The van der Waals surface area contributed by atoms with Crippen molar-refractivity contribution in [3.05, 3.63) is 34.5 Å². The van der Waals surface area contributed by atoms with Gasteiger partial charge in [0.1, 0.15) is 11.3 Å². The number of piperidine rings is 1. The highest BCUT2D eigenvalue weighted by atomic mass is 35.5. The largest absolute Gasteiger partial charge is 0.300 e. The Morgan fingerprint density at radius 3 is 2.92 bits per heavy atom. The van der Waals surface area contributed by atoms with Gasteiger partial charge in [-0.2, -0.15) is 4.31 Å². The second-order valence-corrected chi connectivity index (χ2v) is 8.69. The van der Waals surface area contributed by atoms with Crippen LogP contribution in [0.2, 0.25) is 5.02 Å². The highest BCUT2D eigenvalue weighted by Crippen LogP contribution is 2.27. The predicted molar refractivity (Wildman–Crippen MR) is 91.4 cm³/mol. The Bertz CT molecular complexity index is 876. The van der Waals surface area contributed by atoms with Gasteiger partial charge in [0.2, 0.25) is 21.1 Å². The van der Waals surface area contributed by atoms with Crippen molar-refractivity contribution in [1.29, 1.82) is 0 Å². The van der Waals surface area contributed by atoms with Gasteiger partial charge in [0.25, 0.3) is 0 Å². The molecule has 0 aliphatic carbocycles. The topological polar surface area (TPSA) is 92.3 Å². The number of amides is 1. The maximum Gasteiger partial charge on any atom is 0.243 e. The number of hydrogen-bond acceptors (Lipinski definition) is 6. The predicted octanol–water partition coefficient (Wildman–Crippen LogP) is 2.37. The quantitative estimate of drug-likeness (QED) is 0.844. The number of benzene rings is 1. The van der Waals surface area contributed by atoms with E-state index in [-0.39, 0.29) is 22.4 Å². The van der Waals surface area contributed by atoms with Crippen LogP contribution in [0.1, 0.15) is 12.8 Å². The van der Waals surface area contributed by atoms with Crippen LogP contribution in [0, 0.1) is 11.7 Å². The first-order valence-corrected chi connectivity index (χ1v) is 10.1. The van der Waals surface area contributed by atoms with Crippen molar-refractivity contribution in [2.75, 3.05) is 18.4 Å². The van der Waals surface area contributed by atoms with Crippen molar-refractivity contribution in [3.63, 3.8) is 0 Å². The van der Waals surface area contributed by atoms with Crippen LogP contribution in [0.4, 0.5) is 9.52 Å². The fourth-order valence-electron chi connectivity index (χ4n) is 2.60. The average molecular weight is 405 g/mol. The van der Waals surface area contributed by atoms with Gasteiger partial charge < -0.3 is 5.32 Å². The van der Waals surface area contributed by atoms with E-state index in [1.54, 1.807) is 0 Å². The molecule has 0 radical (unpaired) electrons. The van der Waals surface area contributed by atoms with Crippen LogP contribution in [0.25, 0.3) is 0 Å². The summed E-state index contributed by atoms with van der Waals surface area (Å²) in [7, 11) is -3.85. The molecule has 1 aromatic carbocycles. The SMILES string of the molecule is O=C(Nc1nncs1)[C@H]1CCCN(S(=O)(=O)c2ccc(F)c(Cl)c2)C1. The number of carbonyl (C=O) groups is 1. The van der Waals surface area contributed by atoms with E-state index in [0.29, 0.717) is 24.5 Å². The third-order valence-electron chi connectivity index (χ3n) is 3.87. The summed E-state index contributed by atoms with van der Waals surface area (Å²) >= 11 is 6.87. The average Bonchev–Trinajstić information content (AvgIpc) is 3.10. The molecule has 134 valence electrons. The number of anilines is 1. The Labute approximate surface area is 152 Å². The Morgan fingerprint density at radius 1 is 1.44 bits per heavy atom. The lowest BCUT2D eigenvalue weighted by atomic mass is 9.99. The summed E-state index contributed by atoms with van der Waals surface area (Å²) in [5, 5.41) is 10.1. The van der Waals surface area contributed by atoms with Crippen LogP contribution < -0.4 is 5.32 Å². The van der Waals surface area contributed by atoms with Crippen LogP contribution in [0.3, 0.4) is 0 Å². The number of sulfonamides is 1. The summed E-state index contributed by atoms with van der Waals surface area (Å²) < 4.78 is 40.0. The normalized spacial score (nSPS) is 18.9. The Kier molecular flexibility index (Phi) is 5.32. The number of nitrogens with zero attached hydrogens (tertiary/aromatic N) is 3. The minimum absolute atomic E-state index is 0.0436. The zero-order valence-electron chi connectivity index (χ0n) is 12.9.